The number of nitrogens with two attached hydrogens (primary N) is 1. The first-order valence-corrected chi connectivity index (χ1v) is 7.94. The lowest BCUT2D eigenvalue weighted by atomic mass is 9.95. The number of hydrogen-bond acceptors (Lipinski definition) is 3. The van der Waals surface area contributed by atoms with E-state index in [0.717, 1.165) is 19.3 Å². The summed E-state index contributed by atoms with van der Waals surface area (Å²) in [7, 11) is -3.48. The van der Waals surface area contributed by atoms with Crippen LogP contribution in [0.3, 0.4) is 0 Å². The van der Waals surface area contributed by atoms with Gasteiger partial charge in [-0.05, 0) is 56.0 Å². The van der Waals surface area contributed by atoms with Gasteiger partial charge in [0.1, 0.15) is 5.82 Å². The first-order valence-electron chi connectivity index (χ1n) is 6.50. The third-order valence-corrected chi connectivity index (χ3v) is 5.51. The third kappa shape index (κ3) is 3.32. The van der Waals surface area contributed by atoms with Crippen molar-refractivity contribution < 1.29 is 12.8 Å². The molecule has 1 fully saturated rings. The molecule has 0 aromatic heterocycles. The highest BCUT2D eigenvalue weighted by Gasteiger charge is 2.28. The fourth-order valence-corrected chi connectivity index (χ4v) is 3.90. The van der Waals surface area contributed by atoms with Gasteiger partial charge in [0.15, 0.2) is 0 Å². The first-order chi connectivity index (χ1) is 9.04. The molecule has 1 heterocycles. The summed E-state index contributed by atoms with van der Waals surface area (Å²) >= 11 is 0. The van der Waals surface area contributed by atoms with Gasteiger partial charge in [-0.15, -0.1) is 0 Å². The highest BCUT2D eigenvalue weighted by Crippen LogP contribution is 2.25. The Kier molecular flexibility index (Phi) is 4.54. The van der Waals surface area contributed by atoms with Crippen molar-refractivity contribution >= 4 is 10.0 Å². The van der Waals surface area contributed by atoms with Crippen LogP contribution >= 0.6 is 0 Å². The van der Waals surface area contributed by atoms with Crippen LogP contribution in [0.2, 0.25) is 0 Å². The van der Waals surface area contributed by atoms with Crippen LogP contribution in [0.15, 0.2) is 29.2 Å². The number of halogens is 1. The van der Waals surface area contributed by atoms with Crippen molar-refractivity contribution in [3.05, 3.63) is 30.1 Å². The molecule has 1 aromatic rings. The van der Waals surface area contributed by atoms with Gasteiger partial charge >= 0.3 is 0 Å². The van der Waals surface area contributed by atoms with Crippen LogP contribution in [0, 0.1) is 11.7 Å². The van der Waals surface area contributed by atoms with E-state index in [0.29, 0.717) is 25.6 Å². The van der Waals surface area contributed by atoms with Crippen molar-refractivity contribution in [2.24, 2.45) is 11.7 Å². The normalized spacial score (nSPS) is 18.6. The lowest BCUT2D eigenvalue weighted by Crippen LogP contribution is -2.38. The van der Waals surface area contributed by atoms with E-state index in [1.165, 1.54) is 28.6 Å². The van der Waals surface area contributed by atoms with Crippen LogP contribution < -0.4 is 5.73 Å². The zero-order valence-corrected chi connectivity index (χ0v) is 11.6. The van der Waals surface area contributed by atoms with Crippen molar-refractivity contribution in [3.63, 3.8) is 0 Å². The molecule has 1 aromatic carbocycles. The maximum absolute atomic E-state index is 12.8. The summed E-state index contributed by atoms with van der Waals surface area (Å²) in [6, 6.07) is 4.98. The second-order valence-electron chi connectivity index (χ2n) is 4.88. The van der Waals surface area contributed by atoms with E-state index in [2.05, 4.69) is 0 Å². The molecule has 0 radical (unpaired) electrons. The third-order valence-electron chi connectivity index (χ3n) is 3.60. The topological polar surface area (TPSA) is 63.4 Å². The minimum Gasteiger partial charge on any atom is -0.330 e. The summed E-state index contributed by atoms with van der Waals surface area (Å²) in [5.74, 6) is 0.0882. The molecular formula is C13H19FN2O2S. The quantitative estimate of drug-likeness (QED) is 0.914. The first kappa shape index (κ1) is 14.4. The van der Waals surface area contributed by atoms with Crippen molar-refractivity contribution in [2.45, 2.75) is 24.2 Å². The molecule has 2 N–H and O–H groups in total. The van der Waals surface area contributed by atoms with Gasteiger partial charge in [-0.1, -0.05) is 0 Å². The van der Waals surface area contributed by atoms with Gasteiger partial charge in [0.2, 0.25) is 10.0 Å². The number of sulfonamides is 1. The Morgan fingerprint density at radius 3 is 2.32 bits per heavy atom. The molecule has 19 heavy (non-hydrogen) atoms. The van der Waals surface area contributed by atoms with Crippen molar-refractivity contribution in [3.8, 4) is 0 Å². The fourth-order valence-electron chi connectivity index (χ4n) is 2.43. The monoisotopic (exact) mass is 286 g/mol. The van der Waals surface area contributed by atoms with E-state index in [4.69, 9.17) is 5.73 Å². The van der Waals surface area contributed by atoms with E-state index in [9.17, 15) is 12.8 Å². The molecule has 0 unspecified atom stereocenters. The van der Waals surface area contributed by atoms with E-state index in [1.807, 2.05) is 0 Å². The fraction of sp³-hybridized carbons (Fsp3) is 0.538. The molecule has 0 aliphatic carbocycles. The van der Waals surface area contributed by atoms with Crippen molar-refractivity contribution in [1.29, 1.82) is 0 Å². The molecule has 0 atom stereocenters. The summed E-state index contributed by atoms with van der Waals surface area (Å²) in [6.45, 7) is 1.68. The second kappa shape index (κ2) is 5.98. The Morgan fingerprint density at radius 2 is 1.79 bits per heavy atom. The zero-order valence-electron chi connectivity index (χ0n) is 10.8. The van der Waals surface area contributed by atoms with Gasteiger partial charge in [0.05, 0.1) is 4.90 Å². The number of rotatable bonds is 4. The summed E-state index contributed by atoms with van der Waals surface area (Å²) < 4.78 is 39.0. The minimum atomic E-state index is -3.48. The second-order valence-corrected chi connectivity index (χ2v) is 6.82. The molecule has 106 valence electrons. The average molecular weight is 286 g/mol. The molecule has 0 bridgehead atoms. The Labute approximate surface area is 113 Å². The van der Waals surface area contributed by atoms with Crippen LogP contribution in [-0.4, -0.2) is 32.4 Å². The van der Waals surface area contributed by atoms with Crippen LogP contribution in [0.25, 0.3) is 0 Å². The van der Waals surface area contributed by atoms with Gasteiger partial charge in [0.25, 0.3) is 0 Å². The molecular weight excluding hydrogens is 267 g/mol. The van der Waals surface area contributed by atoms with Gasteiger partial charge < -0.3 is 5.73 Å². The van der Waals surface area contributed by atoms with Crippen LogP contribution in [0.4, 0.5) is 4.39 Å². The Bertz CT molecular complexity index is 508. The minimum absolute atomic E-state index is 0.158. The van der Waals surface area contributed by atoms with Gasteiger partial charge in [-0.2, -0.15) is 4.31 Å². The number of benzene rings is 1. The number of nitrogens with zero attached hydrogens (tertiary/aromatic N) is 1. The predicted octanol–water partition coefficient (Wildman–Crippen LogP) is 1.58. The lowest BCUT2D eigenvalue weighted by molar-refractivity contribution is 0.266. The summed E-state index contributed by atoms with van der Waals surface area (Å²) in [4.78, 5) is 0.158. The number of piperidine rings is 1. The Hall–Kier alpha value is -0.980. The molecule has 1 saturated heterocycles. The van der Waals surface area contributed by atoms with E-state index in [1.54, 1.807) is 0 Å². The van der Waals surface area contributed by atoms with Gasteiger partial charge in [-0.25, -0.2) is 12.8 Å². The van der Waals surface area contributed by atoms with E-state index in [-0.39, 0.29) is 4.90 Å². The van der Waals surface area contributed by atoms with Crippen LogP contribution in [-0.2, 0) is 10.0 Å². The van der Waals surface area contributed by atoms with Gasteiger partial charge in [-0.3, -0.25) is 0 Å². The maximum atomic E-state index is 12.8. The number of hydrogen-bond donors (Lipinski definition) is 1. The lowest BCUT2D eigenvalue weighted by Gasteiger charge is -2.31. The standard InChI is InChI=1S/C13H19FN2O2S/c14-12-1-3-13(4-2-12)19(17,18)16-9-6-11(5-8-15)7-10-16/h1-4,11H,5-10,15H2. The maximum Gasteiger partial charge on any atom is 0.243 e. The summed E-state index contributed by atoms with van der Waals surface area (Å²) in [5.41, 5.74) is 5.52. The molecule has 0 saturated carbocycles. The summed E-state index contributed by atoms with van der Waals surface area (Å²) in [5, 5.41) is 0. The molecule has 1 aliphatic heterocycles. The largest absolute Gasteiger partial charge is 0.330 e. The van der Waals surface area contributed by atoms with Crippen LogP contribution in [0.5, 0.6) is 0 Å². The predicted molar refractivity (Wildman–Crippen MR) is 71.6 cm³/mol. The summed E-state index contributed by atoms with van der Waals surface area (Å²) in [6.07, 6.45) is 2.64. The zero-order chi connectivity index (χ0) is 13.9. The van der Waals surface area contributed by atoms with Gasteiger partial charge in [0, 0.05) is 13.1 Å². The Balaban J connectivity index is 2.07. The van der Waals surface area contributed by atoms with Crippen molar-refractivity contribution in [1.82, 2.24) is 4.31 Å². The smallest absolute Gasteiger partial charge is 0.243 e. The highest BCUT2D eigenvalue weighted by atomic mass is 32.2. The van der Waals surface area contributed by atoms with Crippen molar-refractivity contribution in [2.75, 3.05) is 19.6 Å². The molecule has 0 spiro atoms. The van der Waals surface area contributed by atoms with E-state index < -0.39 is 15.8 Å². The SMILES string of the molecule is NCCC1CCN(S(=O)(=O)c2ccc(F)cc2)CC1. The van der Waals surface area contributed by atoms with E-state index >= 15 is 0 Å². The van der Waals surface area contributed by atoms with Crippen LogP contribution in [0.1, 0.15) is 19.3 Å². The Morgan fingerprint density at radius 1 is 1.21 bits per heavy atom. The molecule has 4 nitrogen and oxygen atoms in total. The average Bonchev–Trinajstić information content (AvgIpc) is 2.40. The molecule has 6 heteroatoms. The molecule has 1 aliphatic rings. The molecule has 2 rings (SSSR count). The highest BCUT2D eigenvalue weighted by molar-refractivity contribution is 7.89. The molecule has 0 amide bonds.